The van der Waals surface area contributed by atoms with Crippen molar-refractivity contribution in [2.75, 3.05) is 6.54 Å². The van der Waals surface area contributed by atoms with Crippen LogP contribution in [0.1, 0.15) is 18.7 Å². The summed E-state index contributed by atoms with van der Waals surface area (Å²) in [4.78, 5) is 27.3. The molecule has 0 radical (unpaired) electrons. The minimum absolute atomic E-state index is 0.214. The Bertz CT molecular complexity index is 771. The number of aryl methyl sites for hydroxylation is 1. The van der Waals surface area contributed by atoms with E-state index < -0.39 is 17.8 Å². The van der Waals surface area contributed by atoms with E-state index in [1.807, 2.05) is 11.6 Å². The number of hydrogen-bond donors (Lipinski definition) is 2. The van der Waals surface area contributed by atoms with Crippen LogP contribution < -0.4 is 5.32 Å². The van der Waals surface area contributed by atoms with Gasteiger partial charge in [-0.2, -0.15) is 0 Å². The molecule has 0 saturated heterocycles. The van der Waals surface area contributed by atoms with Gasteiger partial charge in [-0.15, -0.1) is 0 Å². The number of rotatable bonds is 5. The number of carboxylic acids is 1. The summed E-state index contributed by atoms with van der Waals surface area (Å²) in [5, 5.41) is 11.7. The maximum absolute atomic E-state index is 13.2. The fourth-order valence-corrected chi connectivity index (χ4v) is 2.98. The molecule has 1 amide bonds. The minimum Gasteiger partial charge on any atom is -0.481 e. The van der Waals surface area contributed by atoms with Crippen LogP contribution in [0.15, 0.2) is 18.2 Å². The number of nitrogens with one attached hydrogen (secondary N) is 1. The van der Waals surface area contributed by atoms with Crippen molar-refractivity contribution in [2.45, 2.75) is 19.3 Å². The largest absolute Gasteiger partial charge is 0.481 e. The quantitative estimate of drug-likeness (QED) is 0.874. The van der Waals surface area contributed by atoms with Gasteiger partial charge in [0.1, 0.15) is 11.6 Å². The molecule has 7 heteroatoms. The van der Waals surface area contributed by atoms with Crippen LogP contribution in [0, 0.1) is 17.7 Å². The molecule has 122 valence electrons. The van der Waals surface area contributed by atoms with Crippen LogP contribution >= 0.6 is 0 Å². The molecule has 1 heterocycles. The van der Waals surface area contributed by atoms with E-state index in [1.165, 1.54) is 12.1 Å². The van der Waals surface area contributed by atoms with Crippen LogP contribution in [0.3, 0.4) is 0 Å². The van der Waals surface area contributed by atoms with Crippen LogP contribution in [-0.4, -0.2) is 33.1 Å². The van der Waals surface area contributed by atoms with Crippen molar-refractivity contribution < 1.29 is 19.1 Å². The summed E-state index contributed by atoms with van der Waals surface area (Å²) in [6.45, 7) is 0.376. The van der Waals surface area contributed by atoms with Crippen LogP contribution in [0.4, 0.5) is 4.39 Å². The lowest BCUT2D eigenvalue weighted by Gasteiger charge is -2.31. The molecule has 1 aromatic heterocycles. The molecule has 3 rings (SSSR count). The highest BCUT2D eigenvalue weighted by atomic mass is 19.1. The average Bonchev–Trinajstić information content (AvgIpc) is 2.73. The molecule has 6 nitrogen and oxygen atoms in total. The van der Waals surface area contributed by atoms with Gasteiger partial charge >= 0.3 is 5.97 Å². The van der Waals surface area contributed by atoms with Gasteiger partial charge in [-0.1, -0.05) is 0 Å². The van der Waals surface area contributed by atoms with Crippen molar-refractivity contribution in [2.24, 2.45) is 18.9 Å². The SMILES string of the molecule is Cn1c(CCNC(=O)C2CCC2C(=O)O)nc2cc(F)ccc21. The molecular formula is C16H18FN3O3. The molecule has 2 N–H and O–H groups in total. The molecular weight excluding hydrogens is 301 g/mol. The second-order valence-corrected chi connectivity index (χ2v) is 5.89. The minimum atomic E-state index is -0.909. The monoisotopic (exact) mass is 319 g/mol. The first-order chi connectivity index (χ1) is 11.0. The third-order valence-electron chi connectivity index (χ3n) is 4.51. The standard InChI is InChI=1S/C16H18FN3O3/c1-20-13-5-2-9(17)8-12(13)19-14(20)6-7-18-15(21)10-3-4-11(10)16(22)23/h2,5,8,10-11H,3-4,6-7H2,1H3,(H,18,21)(H,22,23). The Kier molecular flexibility index (Phi) is 4.02. The van der Waals surface area contributed by atoms with Crippen LogP contribution in [0.5, 0.6) is 0 Å². The summed E-state index contributed by atoms with van der Waals surface area (Å²) in [6, 6.07) is 4.44. The lowest BCUT2D eigenvalue weighted by atomic mass is 9.73. The van der Waals surface area contributed by atoms with E-state index in [4.69, 9.17) is 5.11 Å². The molecule has 1 aromatic carbocycles. The van der Waals surface area contributed by atoms with E-state index >= 15 is 0 Å². The first-order valence-electron chi connectivity index (χ1n) is 7.58. The molecule has 1 aliphatic rings. The highest BCUT2D eigenvalue weighted by molar-refractivity contribution is 5.86. The lowest BCUT2D eigenvalue weighted by Crippen LogP contribution is -2.44. The highest BCUT2D eigenvalue weighted by Gasteiger charge is 2.41. The fraction of sp³-hybridized carbons (Fsp3) is 0.438. The van der Waals surface area contributed by atoms with Gasteiger partial charge in [-0.05, 0) is 25.0 Å². The predicted octanol–water partition coefficient (Wildman–Crippen LogP) is 1.48. The molecule has 0 spiro atoms. The Morgan fingerprint density at radius 1 is 1.39 bits per heavy atom. The molecule has 0 aliphatic heterocycles. The summed E-state index contributed by atoms with van der Waals surface area (Å²) in [6.07, 6.45) is 1.68. The number of halogens is 1. The summed E-state index contributed by atoms with van der Waals surface area (Å²) in [7, 11) is 1.84. The maximum atomic E-state index is 13.2. The molecule has 1 fully saturated rings. The average molecular weight is 319 g/mol. The normalized spacial score (nSPS) is 20.3. The molecule has 23 heavy (non-hydrogen) atoms. The summed E-state index contributed by atoms with van der Waals surface area (Å²) in [5.41, 5.74) is 1.41. The van der Waals surface area contributed by atoms with E-state index in [0.29, 0.717) is 31.3 Å². The molecule has 0 bridgehead atoms. The van der Waals surface area contributed by atoms with E-state index in [1.54, 1.807) is 6.07 Å². The summed E-state index contributed by atoms with van der Waals surface area (Å²) >= 11 is 0. The first-order valence-corrected chi connectivity index (χ1v) is 7.58. The van der Waals surface area contributed by atoms with Gasteiger partial charge in [0.05, 0.1) is 22.9 Å². The van der Waals surface area contributed by atoms with Crippen LogP contribution in [0.2, 0.25) is 0 Å². The molecule has 1 saturated carbocycles. The van der Waals surface area contributed by atoms with E-state index in [-0.39, 0.29) is 11.7 Å². The Labute approximate surface area is 132 Å². The van der Waals surface area contributed by atoms with E-state index in [0.717, 1.165) is 11.3 Å². The summed E-state index contributed by atoms with van der Waals surface area (Å²) in [5.74, 6) is -1.70. The van der Waals surface area contributed by atoms with Crippen molar-refractivity contribution >= 4 is 22.9 Å². The van der Waals surface area contributed by atoms with Crippen molar-refractivity contribution in [3.05, 3.63) is 29.8 Å². The first kappa shape index (κ1) is 15.5. The number of aromatic nitrogens is 2. The van der Waals surface area contributed by atoms with Crippen LogP contribution in [-0.2, 0) is 23.1 Å². The number of nitrogens with zero attached hydrogens (tertiary/aromatic N) is 2. The number of imidazole rings is 1. The Morgan fingerprint density at radius 3 is 2.78 bits per heavy atom. The fourth-order valence-electron chi connectivity index (χ4n) is 2.98. The zero-order valence-corrected chi connectivity index (χ0v) is 12.8. The number of carbonyl (C=O) groups is 2. The van der Waals surface area contributed by atoms with E-state index in [9.17, 15) is 14.0 Å². The second kappa shape index (κ2) is 5.98. The predicted molar refractivity (Wildman–Crippen MR) is 81.2 cm³/mol. The topological polar surface area (TPSA) is 84.2 Å². The van der Waals surface area contributed by atoms with Gasteiger partial charge < -0.3 is 15.0 Å². The van der Waals surface area contributed by atoms with Gasteiger partial charge in [0.15, 0.2) is 0 Å². The van der Waals surface area contributed by atoms with Gasteiger partial charge in [0, 0.05) is 26.1 Å². The van der Waals surface area contributed by atoms with Crippen LogP contribution in [0.25, 0.3) is 11.0 Å². The van der Waals surface area contributed by atoms with Gasteiger partial charge in [-0.3, -0.25) is 9.59 Å². The van der Waals surface area contributed by atoms with E-state index in [2.05, 4.69) is 10.3 Å². The molecule has 2 aromatic rings. The number of amides is 1. The van der Waals surface area contributed by atoms with Crippen molar-refractivity contribution in [3.8, 4) is 0 Å². The molecule has 2 atom stereocenters. The van der Waals surface area contributed by atoms with Crippen molar-refractivity contribution in [1.29, 1.82) is 0 Å². The maximum Gasteiger partial charge on any atom is 0.307 e. The Morgan fingerprint density at radius 2 is 2.13 bits per heavy atom. The molecule has 1 aliphatic carbocycles. The smallest absolute Gasteiger partial charge is 0.307 e. The number of carbonyl (C=O) groups excluding carboxylic acids is 1. The number of carboxylic acid groups (broad SMARTS) is 1. The van der Waals surface area contributed by atoms with Gasteiger partial charge in [0.25, 0.3) is 0 Å². The Balaban J connectivity index is 1.60. The second-order valence-electron chi connectivity index (χ2n) is 5.89. The zero-order chi connectivity index (χ0) is 16.6. The molecule has 2 unspecified atom stereocenters. The van der Waals surface area contributed by atoms with Crippen molar-refractivity contribution in [3.63, 3.8) is 0 Å². The highest BCUT2D eigenvalue weighted by Crippen LogP contribution is 2.34. The lowest BCUT2D eigenvalue weighted by molar-refractivity contribution is -0.152. The number of hydrogen-bond acceptors (Lipinski definition) is 3. The number of fused-ring (bicyclic) bond motifs is 1. The summed E-state index contributed by atoms with van der Waals surface area (Å²) < 4.78 is 15.1. The third kappa shape index (κ3) is 2.91. The van der Waals surface area contributed by atoms with Gasteiger partial charge in [0.2, 0.25) is 5.91 Å². The zero-order valence-electron chi connectivity index (χ0n) is 12.8. The third-order valence-corrected chi connectivity index (χ3v) is 4.51. The number of aliphatic carboxylic acids is 1. The van der Waals surface area contributed by atoms with Crippen molar-refractivity contribution in [1.82, 2.24) is 14.9 Å². The Hall–Kier alpha value is -2.44. The van der Waals surface area contributed by atoms with Gasteiger partial charge in [-0.25, -0.2) is 9.37 Å². The number of benzene rings is 1.